The fourth-order valence-electron chi connectivity index (χ4n) is 2.19. The second kappa shape index (κ2) is 6.19. The van der Waals surface area contributed by atoms with Crippen LogP contribution in [0.3, 0.4) is 0 Å². The largest absolute Gasteiger partial charge is 0.494 e. The predicted molar refractivity (Wildman–Crippen MR) is 88.0 cm³/mol. The molecule has 0 spiro atoms. The maximum Gasteiger partial charge on any atom is 0.123 e. The second-order valence-corrected chi connectivity index (χ2v) is 6.53. The Kier molecular flexibility index (Phi) is 4.32. The van der Waals surface area contributed by atoms with E-state index in [9.17, 15) is 0 Å². The molecule has 3 rings (SSSR count). The second-order valence-electron chi connectivity index (χ2n) is 5.13. The van der Waals surface area contributed by atoms with Gasteiger partial charge in [-0.3, -0.25) is 0 Å². The van der Waals surface area contributed by atoms with Crippen LogP contribution in [0.25, 0.3) is 10.6 Å². The molecule has 1 aliphatic carbocycles. The van der Waals surface area contributed by atoms with Crippen molar-refractivity contribution < 1.29 is 4.74 Å². The van der Waals surface area contributed by atoms with E-state index in [0.29, 0.717) is 5.92 Å². The summed E-state index contributed by atoms with van der Waals surface area (Å²) in [5, 5.41) is 1.11. The van der Waals surface area contributed by atoms with Gasteiger partial charge in [0.1, 0.15) is 10.8 Å². The van der Waals surface area contributed by atoms with Crippen LogP contribution in [0.1, 0.15) is 42.7 Å². The molecular weight excluding hydrogens is 286 g/mol. The van der Waals surface area contributed by atoms with Crippen molar-refractivity contribution in [2.75, 3.05) is 6.61 Å². The molecule has 1 heterocycles. The van der Waals surface area contributed by atoms with Crippen molar-refractivity contribution in [1.82, 2.24) is 4.98 Å². The molecule has 0 atom stereocenters. The van der Waals surface area contributed by atoms with E-state index in [0.717, 1.165) is 29.5 Å². The Balaban J connectivity index is 1.81. The van der Waals surface area contributed by atoms with E-state index in [2.05, 4.69) is 31.7 Å². The van der Waals surface area contributed by atoms with E-state index >= 15 is 0 Å². The van der Waals surface area contributed by atoms with Crippen molar-refractivity contribution in [2.24, 2.45) is 0 Å². The van der Waals surface area contributed by atoms with Gasteiger partial charge in [-0.15, -0.1) is 11.3 Å². The van der Waals surface area contributed by atoms with Crippen molar-refractivity contribution in [3.05, 3.63) is 34.8 Å². The van der Waals surface area contributed by atoms with Crippen LogP contribution in [0.4, 0.5) is 0 Å². The van der Waals surface area contributed by atoms with E-state index in [1.165, 1.54) is 29.0 Å². The van der Waals surface area contributed by atoms with Gasteiger partial charge in [0.25, 0.3) is 0 Å². The molecule has 1 aromatic heterocycles. The Morgan fingerprint density at radius 1 is 1.30 bits per heavy atom. The first-order valence-corrected chi connectivity index (χ1v) is 8.60. The van der Waals surface area contributed by atoms with Gasteiger partial charge in [0.05, 0.1) is 12.3 Å². The molecule has 0 bridgehead atoms. The molecule has 0 saturated heterocycles. The monoisotopic (exact) mass is 305 g/mol. The molecule has 20 heavy (non-hydrogen) atoms. The highest BCUT2D eigenvalue weighted by Crippen LogP contribution is 2.44. The zero-order valence-electron chi connectivity index (χ0n) is 11.6. The van der Waals surface area contributed by atoms with Gasteiger partial charge < -0.3 is 4.74 Å². The van der Waals surface area contributed by atoms with Crippen molar-refractivity contribution in [1.29, 1.82) is 0 Å². The quantitative estimate of drug-likeness (QED) is 0.766. The van der Waals surface area contributed by atoms with Crippen molar-refractivity contribution in [2.45, 2.75) is 37.9 Å². The first kappa shape index (κ1) is 14.0. The van der Waals surface area contributed by atoms with Crippen LogP contribution in [0.2, 0.25) is 0 Å². The maximum atomic E-state index is 5.62. The Labute approximate surface area is 129 Å². The van der Waals surface area contributed by atoms with E-state index in [1.54, 1.807) is 11.3 Å². The van der Waals surface area contributed by atoms with Crippen LogP contribution >= 0.6 is 24.0 Å². The molecule has 0 aliphatic heterocycles. The lowest BCUT2D eigenvalue weighted by Gasteiger charge is -2.04. The SMILES string of the molecule is CCCOc1ccc(-c2nc(C3CC3)c(CS)s2)cc1. The Morgan fingerprint density at radius 3 is 2.65 bits per heavy atom. The molecule has 0 unspecified atom stereocenters. The Hall–Kier alpha value is -1.00. The maximum absolute atomic E-state index is 5.62. The number of rotatable bonds is 6. The molecule has 1 saturated carbocycles. The average molecular weight is 305 g/mol. The van der Waals surface area contributed by atoms with E-state index < -0.39 is 0 Å². The minimum atomic E-state index is 0.689. The normalized spacial score (nSPS) is 14.5. The summed E-state index contributed by atoms with van der Waals surface area (Å²) in [4.78, 5) is 6.16. The summed E-state index contributed by atoms with van der Waals surface area (Å²) in [6.07, 6.45) is 3.60. The molecule has 0 amide bonds. The van der Waals surface area contributed by atoms with Gasteiger partial charge >= 0.3 is 0 Å². The smallest absolute Gasteiger partial charge is 0.123 e. The third-order valence-corrected chi connectivity index (χ3v) is 5.06. The van der Waals surface area contributed by atoms with Gasteiger partial charge in [0.15, 0.2) is 0 Å². The van der Waals surface area contributed by atoms with Crippen LogP contribution < -0.4 is 4.74 Å². The van der Waals surface area contributed by atoms with Gasteiger partial charge in [-0.05, 0) is 43.5 Å². The molecule has 2 aromatic rings. The summed E-state index contributed by atoms with van der Waals surface area (Å²) >= 11 is 6.21. The molecule has 1 aromatic carbocycles. The third kappa shape index (κ3) is 3.01. The lowest BCUT2D eigenvalue weighted by molar-refractivity contribution is 0.317. The Bertz CT molecular complexity index is 573. The van der Waals surface area contributed by atoms with E-state index in [1.807, 2.05) is 12.1 Å². The molecule has 1 fully saturated rings. The summed E-state index contributed by atoms with van der Waals surface area (Å²) in [6, 6.07) is 8.26. The summed E-state index contributed by atoms with van der Waals surface area (Å²) in [5.41, 5.74) is 2.46. The van der Waals surface area contributed by atoms with Crippen LogP contribution in [-0.2, 0) is 5.75 Å². The number of aromatic nitrogens is 1. The highest BCUT2D eigenvalue weighted by atomic mass is 32.1. The van der Waals surface area contributed by atoms with Crippen LogP contribution in [0.15, 0.2) is 24.3 Å². The fourth-order valence-corrected chi connectivity index (χ4v) is 3.56. The molecule has 2 nitrogen and oxygen atoms in total. The molecule has 0 N–H and O–H groups in total. The first-order chi connectivity index (χ1) is 9.81. The number of ether oxygens (including phenoxy) is 1. The number of hydrogen-bond acceptors (Lipinski definition) is 4. The van der Waals surface area contributed by atoms with Crippen LogP contribution in [0, 0.1) is 0 Å². The van der Waals surface area contributed by atoms with E-state index in [4.69, 9.17) is 9.72 Å². The van der Waals surface area contributed by atoms with Crippen LogP contribution in [-0.4, -0.2) is 11.6 Å². The van der Waals surface area contributed by atoms with Gasteiger partial charge in [-0.1, -0.05) is 6.92 Å². The van der Waals surface area contributed by atoms with Crippen molar-refractivity contribution >= 4 is 24.0 Å². The molecule has 4 heteroatoms. The number of thiazole rings is 1. The van der Waals surface area contributed by atoms with Gasteiger partial charge in [-0.2, -0.15) is 12.6 Å². The van der Waals surface area contributed by atoms with Crippen LogP contribution in [0.5, 0.6) is 5.75 Å². The van der Waals surface area contributed by atoms with Gasteiger partial charge in [0, 0.05) is 22.1 Å². The first-order valence-electron chi connectivity index (χ1n) is 7.15. The number of benzene rings is 1. The lowest BCUT2D eigenvalue weighted by atomic mass is 10.2. The zero-order chi connectivity index (χ0) is 13.9. The van der Waals surface area contributed by atoms with Gasteiger partial charge in [0.2, 0.25) is 0 Å². The highest BCUT2D eigenvalue weighted by molar-refractivity contribution is 7.79. The lowest BCUT2D eigenvalue weighted by Crippen LogP contribution is -1.94. The number of thiol groups is 1. The van der Waals surface area contributed by atoms with E-state index in [-0.39, 0.29) is 0 Å². The van der Waals surface area contributed by atoms with Crippen molar-refractivity contribution in [3.8, 4) is 16.3 Å². The predicted octanol–water partition coefficient (Wildman–Crippen LogP) is 4.91. The minimum absolute atomic E-state index is 0.689. The summed E-state index contributed by atoms with van der Waals surface area (Å²) in [6.45, 7) is 2.88. The number of hydrogen-bond donors (Lipinski definition) is 1. The fraction of sp³-hybridized carbons (Fsp3) is 0.438. The van der Waals surface area contributed by atoms with Gasteiger partial charge in [-0.25, -0.2) is 4.98 Å². The zero-order valence-corrected chi connectivity index (χ0v) is 13.3. The molecule has 106 valence electrons. The third-order valence-electron chi connectivity index (χ3n) is 3.41. The average Bonchev–Trinajstić information content (AvgIpc) is 3.25. The molecule has 0 radical (unpaired) electrons. The highest BCUT2D eigenvalue weighted by Gasteiger charge is 2.29. The Morgan fingerprint density at radius 2 is 2.05 bits per heavy atom. The minimum Gasteiger partial charge on any atom is -0.494 e. The summed E-state index contributed by atoms with van der Waals surface area (Å²) in [5.74, 6) is 2.42. The van der Waals surface area contributed by atoms with Crippen molar-refractivity contribution in [3.63, 3.8) is 0 Å². The molecule has 1 aliphatic rings. The topological polar surface area (TPSA) is 22.1 Å². The standard InChI is InChI=1S/C16H19NOS2/c1-2-9-18-13-7-5-12(6-8-13)16-17-15(11-3-4-11)14(10-19)20-16/h5-8,11,19H,2-4,9-10H2,1H3. The molecular formula is C16H19NOS2. The number of nitrogens with zero attached hydrogens (tertiary/aromatic N) is 1. The summed E-state index contributed by atoms with van der Waals surface area (Å²) in [7, 11) is 0. The summed E-state index contributed by atoms with van der Waals surface area (Å²) < 4.78 is 5.62.